The molecule has 11 aromatic rings. The van der Waals surface area contributed by atoms with E-state index in [-0.39, 0.29) is 10.8 Å². The van der Waals surface area contributed by atoms with Crippen LogP contribution >= 0.6 is 23.1 Å². The maximum Gasteiger partial charge on any atom is 0.132 e. The molecule has 2 aliphatic carbocycles. The fourth-order valence-electron chi connectivity index (χ4n) is 13.4. The summed E-state index contributed by atoms with van der Waals surface area (Å²) < 4.78 is 9.59. The lowest BCUT2D eigenvalue weighted by atomic mass is 9.66. The Bertz CT molecular complexity index is 4090. The zero-order valence-electron chi connectivity index (χ0n) is 42.4. The van der Waals surface area contributed by atoms with Crippen molar-refractivity contribution >= 4 is 60.3 Å². The number of para-hydroxylation sites is 1. The van der Waals surface area contributed by atoms with Crippen molar-refractivity contribution in [1.29, 1.82) is 0 Å². The fourth-order valence-corrected chi connectivity index (χ4v) is 15.7. The Balaban J connectivity index is 1.05. The number of nitrogens with zero attached hydrogens (tertiary/aromatic N) is 1. The Morgan fingerprint density at radius 3 is 1.58 bits per heavy atom. The molecule has 74 heavy (non-hydrogen) atoms. The summed E-state index contributed by atoms with van der Waals surface area (Å²) in [7, 11) is 0. The minimum atomic E-state index is -0.618. The van der Waals surface area contributed by atoms with E-state index >= 15 is 0 Å². The topological polar surface area (TPSA) is 12.5 Å². The van der Waals surface area contributed by atoms with Gasteiger partial charge in [0, 0.05) is 52.5 Å². The summed E-state index contributed by atoms with van der Waals surface area (Å²) in [5.74, 6) is 1.77. The second-order valence-electron chi connectivity index (χ2n) is 22.8. The molecule has 2 spiro atoms. The number of benzene rings is 10. The van der Waals surface area contributed by atoms with E-state index in [0.29, 0.717) is 0 Å². The zero-order chi connectivity index (χ0) is 49.9. The van der Waals surface area contributed by atoms with E-state index in [0.717, 1.165) is 39.7 Å². The van der Waals surface area contributed by atoms with Gasteiger partial charge in [0.25, 0.3) is 0 Å². The third-order valence-electron chi connectivity index (χ3n) is 16.7. The van der Waals surface area contributed by atoms with E-state index in [4.69, 9.17) is 4.74 Å². The smallest absolute Gasteiger partial charge is 0.132 e. The molecule has 0 saturated heterocycles. The maximum absolute atomic E-state index is 7.04. The lowest BCUT2D eigenvalue weighted by Crippen LogP contribution is -2.33. The molecule has 0 amide bonds. The number of anilines is 3. The Morgan fingerprint density at radius 2 is 0.892 bits per heavy atom. The van der Waals surface area contributed by atoms with Gasteiger partial charge in [-0.2, -0.15) is 0 Å². The highest BCUT2D eigenvalue weighted by Gasteiger charge is 2.53. The van der Waals surface area contributed by atoms with E-state index in [1.165, 1.54) is 96.7 Å². The monoisotopic (exact) mass is 987 g/mol. The van der Waals surface area contributed by atoms with Crippen molar-refractivity contribution in [3.05, 3.63) is 268 Å². The van der Waals surface area contributed by atoms with Crippen LogP contribution in [0, 0.1) is 0 Å². The highest BCUT2D eigenvalue weighted by atomic mass is 32.2. The molecule has 2 aliphatic heterocycles. The van der Waals surface area contributed by atoms with E-state index in [1.807, 2.05) is 23.1 Å². The normalized spacial score (nSPS) is 14.9. The first kappa shape index (κ1) is 43.9. The van der Waals surface area contributed by atoms with Crippen LogP contribution in [0.1, 0.15) is 97.2 Å². The van der Waals surface area contributed by atoms with Crippen molar-refractivity contribution in [3.8, 4) is 33.8 Å². The zero-order valence-corrected chi connectivity index (χ0v) is 44.0. The number of thiophene rings is 1. The SMILES string of the molecule is CC(C)(C)c1ccc2c(c1)C1(c3ccccc3Sc3ccc(N(c4ccc5c(c4)C4(c6ccccc6O5)c5ccccc5-c5ccccc54)c4cccc5sc6ccccc6c45)cc31)c1cc(C(C)(C)C)ccc1-2. The van der Waals surface area contributed by atoms with Crippen LogP contribution < -0.4 is 9.64 Å². The quantitative estimate of drug-likeness (QED) is 0.175. The summed E-state index contributed by atoms with van der Waals surface area (Å²) in [6, 6.07) is 80.9. The van der Waals surface area contributed by atoms with E-state index in [9.17, 15) is 0 Å². The van der Waals surface area contributed by atoms with Gasteiger partial charge in [-0.15, -0.1) is 11.3 Å². The predicted octanol–water partition coefficient (Wildman–Crippen LogP) is 19.4. The summed E-state index contributed by atoms with van der Waals surface area (Å²) in [5.41, 5.74) is 20.1. The van der Waals surface area contributed by atoms with Gasteiger partial charge < -0.3 is 9.64 Å². The molecule has 4 heteroatoms. The first-order chi connectivity index (χ1) is 35.9. The lowest BCUT2D eigenvalue weighted by Gasteiger charge is -2.41. The highest BCUT2D eigenvalue weighted by molar-refractivity contribution is 7.99. The molecular weight excluding hydrogens is 935 g/mol. The van der Waals surface area contributed by atoms with Gasteiger partial charge in [0.05, 0.1) is 16.5 Å². The third kappa shape index (κ3) is 5.90. The Kier molecular flexibility index (Phi) is 9.17. The van der Waals surface area contributed by atoms with Gasteiger partial charge in [-0.25, -0.2) is 0 Å². The summed E-state index contributed by atoms with van der Waals surface area (Å²) in [5, 5.41) is 2.52. The van der Waals surface area contributed by atoms with Crippen molar-refractivity contribution in [2.75, 3.05) is 4.90 Å². The minimum absolute atomic E-state index is 0.0532. The summed E-state index contributed by atoms with van der Waals surface area (Å²) >= 11 is 3.78. The summed E-state index contributed by atoms with van der Waals surface area (Å²) in [4.78, 5) is 5.15. The van der Waals surface area contributed by atoms with Crippen LogP contribution in [0.2, 0.25) is 0 Å². The van der Waals surface area contributed by atoms with Gasteiger partial charge >= 0.3 is 0 Å². The number of hydrogen-bond donors (Lipinski definition) is 0. The molecule has 4 aliphatic rings. The molecule has 0 atom stereocenters. The van der Waals surface area contributed by atoms with Crippen molar-refractivity contribution in [3.63, 3.8) is 0 Å². The maximum atomic E-state index is 7.04. The van der Waals surface area contributed by atoms with Crippen molar-refractivity contribution in [2.24, 2.45) is 0 Å². The molecule has 0 fully saturated rings. The molecule has 1 aromatic heterocycles. The van der Waals surface area contributed by atoms with Gasteiger partial charge in [-0.1, -0.05) is 199 Å². The van der Waals surface area contributed by atoms with Crippen LogP contribution in [0.3, 0.4) is 0 Å². The van der Waals surface area contributed by atoms with Gasteiger partial charge in [-0.3, -0.25) is 0 Å². The first-order valence-corrected chi connectivity index (χ1v) is 27.6. The summed E-state index contributed by atoms with van der Waals surface area (Å²) in [6.45, 7) is 14.1. The molecule has 0 radical (unpaired) electrons. The molecule has 0 unspecified atom stereocenters. The predicted molar refractivity (Wildman–Crippen MR) is 310 cm³/mol. The fraction of sp³-hybridized carbons (Fsp3) is 0.143. The molecule has 10 aromatic carbocycles. The third-order valence-corrected chi connectivity index (χ3v) is 19.0. The molecule has 356 valence electrons. The Hall–Kier alpha value is -7.63. The van der Waals surface area contributed by atoms with Crippen LogP contribution in [0.5, 0.6) is 11.5 Å². The van der Waals surface area contributed by atoms with Crippen LogP contribution in [0.25, 0.3) is 42.4 Å². The highest BCUT2D eigenvalue weighted by Crippen LogP contribution is 2.65. The van der Waals surface area contributed by atoms with E-state index in [1.54, 1.807) is 0 Å². The number of rotatable bonds is 3. The van der Waals surface area contributed by atoms with E-state index in [2.05, 4.69) is 259 Å². The van der Waals surface area contributed by atoms with Gasteiger partial charge in [0.2, 0.25) is 0 Å². The van der Waals surface area contributed by atoms with Crippen molar-refractivity contribution < 1.29 is 4.74 Å². The molecule has 0 bridgehead atoms. The second-order valence-corrected chi connectivity index (χ2v) is 24.9. The largest absolute Gasteiger partial charge is 0.457 e. The molecular formula is C70H53NOS2. The Morgan fingerprint density at radius 1 is 0.378 bits per heavy atom. The number of fused-ring (bicyclic) bond motifs is 21. The van der Waals surface area contributed by atoms with Gasteiger partial charge in [0.15, 0.2) is 0 Å². The molecule has 2 nitrogen and oxygen atoms in total. The molecule has 15 rings (SSSR count). The second kappa shape index (κ2) is 15.5. The van der Waals surface area contributed by atoms with Crippen LogP contribution in [0.15, 0.2) is 222 Å². The van der Waals surface area contributed by atoms with Gasteiger partial charge in [-0.05, 0) is 144 Å². The average molecular weight is 988 g/mol. The van der Waals surface area contributed by atoms with E-state index < -0.39 is 10.8 Å². The van der Waals surface area contributed by atoms with Crippen LogP contribution in [-0.2, 0) is 21.7 Å². The van der Waals surface area contributed by atoms with Crippen molar-refractivity contribution in [2.45, 2.75) is 73.0 Å². The summed E-state index contributed by atoms with van der Waals surface area (Å²) in [6.07, 6.45) is 0. The standard InChI is InChI=1S/C70H53NOS2/c1-67(2,3)42-30-34-48-49-35-31-43(68(4,5)6)39-56(49)70(55(48)38-42)54-24-13-16-28-63(54)74-64-37-33-45(41-58(64)70)71(59-25-17-29-65-66(59)50-20-9-15-27-62(50)73-65)44-32-36-61-57(40-44)69(53-23-12-14-26-60(53)72-61)51-21-10-7-18-46(51)47-19-8-11-22-52(47)69/h7-41H,1-6H3. The van der Waals surface area contributed by atoms with Gasteiger partial charge in [0.1, 0.15) is 11.5 Å². The lowest BCUT2D eigenvalue weighted by molar-refractivity contribution is 0.436. The van der Waals surface area contributed by atoms with Crippen LogP contribution in [-0.4, -0.2) is 0 Å². The first-order valence-electron chi connectivity index (χ1n) is 26.0. The molecule has 0 N–H and O–H groups in total. The molecule has 3 heterocycles. The van der Waals surface area contributed by atoms with Crippen LogP contribution in [0.4, 0.5) is 17.1 Å². The molecule has 0 saturated carbocycles. The number of ether oxygens (including phenoxy) is 1. The Labute approximate surface area is 442 Å². The number of hydrogen-bond acceptors (Lipinski definition) is 4. The average Bonchev–Trinajstić information content (AvgIpc) is 4.06. The minimum Gasteiger partial charge on any atom is -0.457 e. The van der Waals surface area contributed by atoms with Crippen molar-refractivity contribution in [1.82, 2.24) is 0 Å².